The minimum Gasteiger partial charge on any atom is -0.310 e. The van der Waals surface area contributed by atoms with E-state index in [2.05, 4.69) is 4.99 Å². The van der Waals surface area contributed by atoms with E-state index in [1.54, 1.807) is 11.0 Å². The lowest BCUT2D eigenvalue weighted by Gasteiger charge is -2.22. The highest BCUT2D eigenvalue weighted by molar-refractivity contribution is 6.19. The summed E-state index contributed by atoms with van der Waals surface area (Å²) in [6.45, 7) is 0.659. The lowest BCUT2D eigenvalue weighted by atomic mass is 10.0. The van der Waals surface area contributed by atoms with Gasteiger partial charge in [-0.05, 0) is 12.5 Å². The zero-order chi connectivity index (χ0) is 16.8. The predicted molar refractivity (Wildman–Crippen MR) is 95.1 cm³/mol. The summed E-state index contributed by atoms with van der Waals surface area (Å²) < 4.78 is 0. The summed E-state index contributed by atoms with van der Waals surface area (Å²) >= 11 is 0. The third-order valence-electron chi connectivity index (χ3n) is 3.88. The average Bonchev–Trinajstić information content (AvgIpc) is 2.76. The van der Waals surface area contributed by atoms with Crippen molar-refractivity contribution in [3.05, 3.63) is 77.9 Å². The Morgan fingerprint density at radius 2 is 1.88 bits per heavy atom. The van der Waals surface area contributed by atoms with Crippen LogP contribution in [0.25, 0.3) is 0 Å². The molecule has 0 atom stereocenters. The number of anilines is 1. The fraction of sp³-hybridized carbons (Fsp3) is 0.150. The highest BCUT2D eigenvalue weighted by Gasteiger charge is 2.24. The van der Waals surface area contributed by atoms with Gasteiger partial charge in [0.2, 0.25) is 5.91 Å². The Hall–Kier alpha value is -3.19. The topological polar surface area (TPSA) is 56.5 Å². The Labute approximate surface area is 141 Å². The van der Waals surface area contributed by atoms with E-state index in [1.807, 2.05) is 60.7 Å². The predicted octanol–water partition coefficient (Wildman–Crippen LogP) is 3.34. The summed E-state index contributed by atoms with van der Waals surface area (Å²) in [5.74, 6) is -0.0289. The van der Waals surface area contributed by atoms with Crippen molar-refractivity contribution < 1.29 is 4.79 Å². The third kappa shape index (κ3) is 3.26. The zero-order valence-corrected chi connectivity index (χ0v) is 13.2. The highest BCUT2D eigenvalue weighted by Crippen LogP contribution is 2.26. The molecule has 3 rings (SSSR count). The maximum atomic E-state index is 12.5. The van der Waals surface area contributed by atoms with Crippen LogP contribution in [0.4, 0.5) is 5.69 Å². The monoisotopic (exact) mass is 315 g/mol. The van der Waals surface area contributed by atoms with Crippen molar-refractivity contribution in [2.75, 3.05) is 18.0 Å². The molecule has 0 fully saturated rings. The molecule has 0 bridgehead atoms. The Balaban J connectivity index is 1.99. The first-order valence-corrected chi connectivity index (χ1v) is 7.85. The van der Waals surface area contributed by atoms with E-state index in [0.29, 0.717) is 13.0 Å². The molecule has 2 aromatic rings. The van der Waals surface area contributed by atoms with Gasteiger partial charge in [-0.25, -0.2) is 0 Å². The maximum Gasteiger partial charge on any atom is 0.248 e. The number of carbonyl (C=O) groups is 1. The number of amides is 1. The van der Waals surface area contributed by atoms with Gasteiger partial charge in [-0.15, -0.1) is 0 Å². The number of nitrogens with zero attached hydrogens (tertiary/aromatic N) is 3. The first kappa shape index (κ1) is 15.7. The van der Waals surface area contributed by atoms with Crippen molar-refractivity contribution in [2.45, 2.75) is 6.42 Å². The zero-order valence-electron chi connectivity index (χ0n) is 13.2. The van der Waals surface area contributed by atoms with Crippen molar-refractivity contribution in [1.82, 2.24) is 0 Å². The number of hydrogen-bond donors (Lipinski definition) is 0. The van der Waals surface area contributed by atoms with Gasteiger partial charge in [0.25, 0.3) is 0 Å². The van der Waals surface area contributed by atoms with E-state index in [-0.39, 0.29) is 12.5 Å². The molecular weight excluding hydrogens is 298 g/mol. The van der Waals surface area contributed by atoms with E-state index < -0.39 is 0 Å². The summed E-state index contributed by atoms with van der Waals surface area (Å²) in [5.41, 5.74) is 3.67. The lowest BCUT2D eigenvalue weighted by Crippen LogP contribution is -2.33. The molecule has 0 saturated carbocycles. The van der Waals surface area contributed by atoms with Crippen molar-refractivity contribution in [2.24, 2.45) is 4.99 Å². The summed E-state index contributed by atoms with van der Waals surface area (Å²) in [5, 5.41) is 8.58. The van der Waals surface area contributed by atoms with Gasteiger partial charge in [0.1, 0.15) is 6.54 Å². The van der Waals surface area contributed by atoms with Crippen LogP contribution in [-0.2, 0) is 4.79 Å². The Morgan fingerprint density at radius 3 is 2.67 bits per heavy atom. The van der Waals surface area contributed by atoms with Gasteiger partial charge in [-0.3, -0.25) is 9.79 Å². The van der Waals surface area contributed by atoms with Gasteiger partial charge in [-0.1, -0.05) is 54.6 Å². The number of benzodiazepines with no additional fused rings is 1. The van der Waals surface area contributed by atoms with Crippen molar-refractivity contribution in [3.8, 4) is 6.07 Å². The Kier molecular flexibility index (Phi) is 4.83. The number of fused-ring (bicyclic) bond motifs is 1. The molecule has 118 valence electrons. The van der Waals surface area contributed by atoms with Crippen LogP contribution in [0.2, 0.25) is 0 Å². The average molecular weight is 315 g/mol. The number of aliphatic imine (C=N–C) groups is 1. The molecule has 1 amide bonds. The molecule has 0 spiro atoms. The SMILES string of the molecule is N#C/C=C\CCN1C(=O)CN=C(c2ccccc2)c2ccccc21. The van der Waals surface area contributed by atoms with Crippen molar-refractivity contribution in [3.63, 3.8) is 0 Å². The van der Waals surface area contributed by atoms with Gasteiger partial charge in [0, 0.05) is 23.7 Å². The molecule has 0 saturated heterocycles. The molecule has 0 aromatic heterocycles. The van der Waals surface area contributed by atoms with E-state index in [4.69, 9.17) is 5.26 Å². The molecular formula is C20H17N3O. The molecule has 4 heteroatoms. The molecule has 0 N–H and O–H groups in total. The fourth-order valence-electron chi connectivity index (χ4n) is 2.79. The number of rotatable bonds is 4. The molecule has 24 heavy (non-hydrogen) atoms. The lowest BCUT2D eigenvalue weighted by molar-refractivity contribution is -0.117. The summed E-state index contributed by atoms with van der Waals surface area (Å²) in [6.07, 6.45) is 3.86. The molecule has 0 aliphatic carbocycles. The van der Waals surface area contributed by atoms with Crippen LogP contribution in [0.15, 0.2) is 71.7 Å². The normalized spacial score (nSPS) is 14.0. The van der Waals surface area contributed by atoms with Crippen LogP contribution in [0.5, 0.6) is 0 Å². The summed E-state index contributed by atoms with van der Waals surface area (Å²) in [6, 6.07) is 19.7. The highest BCUT2D eigenvalue weighted by atomic mass is 16.2. The van der Waals surface area contributed by atoms with Gasteiger partial charge in [0.05, 0.1) is 17.5 Å². The Bertz CT molecular complexity index is 831. The molecule has 1 aliphatic heterocycles. The smallest absolute Gasteiger partial charge is 0.248 e. The molecule has 2 aromatic carbocycles. The van der Waals surface area contributed by atoms with Crippen molar-refractivity contribution in [1.29, 1.82) is 5.26 Å². The molecule has 0 radical (unpaired) electrons. The molecule has 0 unspecified atom stereocenters. The van der Waals surface area contributed by atoms with Crippen LogP contribution in [0.1, 0.15) is 17.5 Å². The Morgan fingerprint density at radius 1 is 1.12 bits per heavy atom. The number of para-hydroxylation sites is 1. The van der Waals surface area contributed by atoms with Crippen LogP contribution < -0.4 is 4.90 Å². The number of benzene rings is 2. The molecule has 1 heterocycles. The standard InChI is InChI=1S/C20H17N3O/c21-13-7-2-8-14-23-18-12-6-5-11-17(18)20(22-15-19(23)24)16-9-3-1-4-10-16/h1-7,9-12H,8,14-15H2/b7-2-. The third-order valence-corrected chi connectivity index (χ3v) is 3.88. The van der Waals surface area contributed by atoms with Crippen molar-refractivity contribution >= 4 is 17.3 Å². The number of hydrogen-bond acceptors (Lipinski definition) is 3. The second kappa shape index (κ2) is 7.38. The van der Waals surface area contributed by atoms with E-state index >= 15 is 0 Å². The fourth-order valence-corrected chi connectivity index (χ4v) is 2.79. The van der Waals surface area contributed by atoms with Gasteiger partial charge in [-0.2, -0.15) is 5.26 Å². The summed E-state index contributed by atoms with van der Waals surface area (Å²) in [7, 11) is 0. The van der Waals surface area contributed by atoms with Gasteiger partial charge < -0.3 is 4.90 Å². The quantitative estimate of drug-likeness (QED) is 0.813. The maximum absolute atomic E-state index is 12.5. The van der Waals surface area contributed by atoms with E-state index in [9.17, 15) is 4.79 Å². The number of carbonyl (C=O) groups excluding carboxylic acids is 1. The van der Waals surface area contributed by atoms with Crippen LogP contribution in [-0.4, -0.2) is 24.7 Å². The van der Waals surface area contributed by atoms with Gasteiger partial charge in [0.15, 0.2) is 0 Å². The molecule has 4 nitrogen and oxygen atoms in total. The largest absolute Gasteiger partial charge is 0.310 e. The van der Waals surface area contributed by atoms with E-state index in [0.717, 1.165) is 22.5 Å². The van der Waals surface area contributed by atoms with Crippen LogP contribution >= 0.6 is 0 Å². The molecule has 1 aliphatic rings. The summed E-state index contributed by atoms with van der Waals surface area (Å²) in [4.78, 5) is 18.9. The van der Waals surface area contributed by atoms with Crippen LogP contribution in [0.3, 0.4) is 0 Å². The minimum atomic E-state index is -0.0289. The number of allylic oxidation sites excluding steroid dienone is 1. The van der Waals surface area contributed by atoms with E-state index in [1.165, 1.54) is 6.08 Å². The second-order valence-corrected chi connectivity index (χ2v) is 5.41. The first-order valence-electron chi connectivity index (χ1n) is 7.85. The van der Waals surface area contributed by atoms with Gasteiger partial charge >= 0.3 is 0 Å². The minimum absolute atomic E-state index is 0.0289. The van der Waals surface area contributed by atoms with Crippen LogP contribution in [0, 0.1) is 11.3 Å². The number of nitriles is 1. The second-order valence-electron chi connectivity index (χ2n) is 5.41. The first-order chi connectivity index (χ1) is 11.8.